The van der Waals surface area contributed by atoms with E-state index in [2.05, 4.69) is 27.0 Å². The number of amides is 1. The molecule has 5 heteroatoms. The minimum atomic E-state index is -0.650. The van der Waals surface area contributed by atoms with E-state index in [1.54, 1.807) is 24.1 Å². The van der Waals surface area contributed by atoms with Crippen LogP contribution >= 0.6 is 15.9 Å². The highest BCUT2D eigenvalue weighted by atomic mass is 79.9. The van der Waals surface area contributed by atoms with Gasteiger partial charge in [-0.15, -0.1) is 0 Å². The summed E-state index contributed by atoms with van der Waals surface area (Å²) in [5, 5.41) is 9.48. The molecule has 0 aliphatic heterocycles. The van der Waals surface area contributed by atoms with Crippen LogP contribution in [-0.2, 0) is 0 Å². The molecule has 0 bridgehead atoms. The molecule has 0 atom stereocenters. The van der Waals surface area contributed by atoms with Crippen LogP contribution < -0.4 is 0 Å². The van der Waals surface area contributed by atoms with Crippen LogP contribution in [0, 0.1) is 11.3 Å². The first-order chi connectivity index (χ1) is 9.09. The molecule has 4 nitrogen and oxygen atoms in total. The highest BCUT2D eigenvalue weighted by molar-refractivity contribution is 9.10. The lowest BCUT2D eigenvalue weighted by atomic mass is 9.81. The molecule has 1 aromatic heterocycles. The Morgan fingerprint density at radius 2 is 2.11 bits per heavy atom. The van der Waals surface area contributed by atoms with Gasteiger partial charge in [0.05, 0.1) is 11.6 Å². The van der Waals surface area contributed by atoms with Gasteiger partial charge in [-0.1, -0.05) is 19.3 Å². The molecule has 1 fully saturated rings. The molecule has 0 spiro atoms. The van der Waals surface area contributed by atoms with Crippen molar-refractivity contribution in [3.8, 4) is 6.07 Å². The zero-order valence-electron chi connectivity index (χ0n) is 10.9. The maximum Gasteiger partial charge on any atom is 0.256 e. The van der Waals surface area contributed by atoms with Gasteiger partial charge in [0.15, 0.2) is 0 Å². The van der Waals surface area contributed by atoms with Crippen molar-refractivity contribution < 1.29 is 4.79 Å². The van der Waals surface area contributed by atoms with Crippen LogP contribution in [0.15, 0.2) is 22.9 Å². The van der Waals surface area contributed by atoms with Crippen LogP contribution in [0.3, 0.4) is 0 Å². The molecule has 19 heavy (non-hydrogen) atoms. The lowest BCUT2D eigenvalue weighted by Crippen LogP contribution is -2.49. The molecule has 0 unspecified atom stereocenters. The molecule has 0 aromatic carbocycles. The molecule has 100 valence electrons. The van der Waals surface area contributed by atoms with Crippen LogP contribution in [0.2, 0.25) is 0 Å². The molecule has 1 heterocycles. The van der Waals surface area contributed by atoms with Gasteiger partial charge in [0.25, 0.3) is 5.91 Å². The molecular formula is C14H16BrN3O. The summed E-state index contributed by atoms with van der Waals surface area (Å²) in [5.41, 5.74) is -0.131. The highest BCUT2D eigenvalue weighted by Crippen LogP contribution is 2.33. The van der Waals surface area contributed by atoms with E-state index < -0.39 is 5.54 Å². The summed E-state index contributed by atoms with van der Waals surface area (Å²) in [7, 11) is 1.72. The number of nitriles is 1. The summed E-state index contributed by atoms with van der Waals surface area (Å²) in [5.74, 6) is -0.136. The van der Waals surface area contributed by atoms with Crippen molar-refractivity contribution in [2.24, 2.45) is 0 Å². The second-order valence-electron chi connectivity index (χ2n) is 4.94. The van der Waals surface area contributed by atoms with E-state index in [0.717, 1.165) is 32.1 Å². The van der Waals surface area contributed by atoms with Crippen LogP contribution in [0.4, 0.5) is 0 Å². The number of hydrogen-bond acceptors (Lipinski definition) is 3. The largest absolute Gasteiger partial charge is 0.323 e. The molecule has 1 amide bonds. The van der Waals surface area contributed by atoms with Gasteiger partial charge in [-0.3, -0.25) is 4.79 Å². The normalized spacial score (nSPS) is 17.5. The quantitative estimate of drug-likeness (QED) is 0.786. The number of nitrogens with zero attached hydrogens (tertiary/aromatic N) is 3. The molecule has 0 saturated heterocycles. The van der Waals surface area contributed by atoms with Crippen LogP contribution in [0.5, 0.6) is 0 Å². The number of pyridine rings is 1. The Morgan fingerprint density at radius 3 is 2.63 bits per heavy atom. The fourth-order valence-corrected chi connectivity index (χ4v) is 2.78. The Bertz CT molecular complexity index is 500. The van der Waals surface area contributed by atoms with Gasteiger partial charge in [0.2, 0.25) is 0 Å². The van der Waals surface area contributed by atoms with Gasteiger partial charge in [-0.25, -0.2) is 4.98 Å². The highest BCUT2D eigenvalue weighted by Gasteiger charge is 2.39. The summed E-state index contributed by atoms with van der Waals surface area (Å²) in [6.07, 6.45) is 6.21. The summed E-state index contributed by atoms with van der Waals surface area (Å²) < 4.78 is 0.694. The molecular weight excluding hydrogens is 306 g/mol. The lowest BCUT2D eigenvalue weighted by molar-refractivity contribution is 0.0588. The number of halogens is 1. The first-order valence-corrected chi connectivity index (χ1v) is 7.19. The van der Waals surface area contributed by atoms with Crippen LogP contribution in [-0.4, -0.2) is 28.4 Å². The van der Waals surface area contributed by atoms with Gasteiger partial charge in [0, 0.05) is 13.2 Å². The average Bonchev–Trinajstić information content (AvgIpc) is 2.47. The second kappa shape index (κ2) is 5.70. The number of carbonyl (C=O) groups is 1. The monoisotopic (exact) mass is 321 g/mol. The Morgan fingerprint density at radius 1 is 1.42 bits per heavy atom. The first kappa shape index (κ1) is 14.0. The molecule has 0 N–H and O–H groups in total. The number of rotatable bonds is 2. The van der Waals surface area contributed by atoms with E-state index in [1.165, 1.54) is 6.20 Å². The van der Waals surface area contributed by atoms with Crippen molar-refractivity contribution in [1.29, 1.82) is 5.26 Å². The molecule has 1 saturated carbocycles. The van der Waals surface area contributed by atoms with Gasteiger partial charge in [-0.2, -0.15) is 5.26 Å². The smallest absolute Gasteiger partial charge is 0.256 e. The molecule has 2 rings (SSSR count). The summed E-state index contributed by atoms with van der Waals surface area (Å²) in [6, 6.07) is 5.82. The maximum atomic E-state index is 12.4. The fourth-order valence-electron chi connectivity index (χ4n) is 2.55. The predicted molar refractivity (Wildman–Crippen MR) is 75.5 cm³/mol. The molecule has 1 aliphatic carbocycles. The number of aromatic nitrogens is 1. The number of hydrogen-bond donors (Lipinski definition) is 0. The van der Waals surface area contributed by atoms with Crippen molar-refractivity contribution in [1.82, 2.24) is 9.88 Å². The first-order valence-electron chi connectivity index (χ1n) is 6.40. The van der Waals surface area contributed by atoms with Crippen LogP contribution in [0.1, 0.15) is 42.5 Å². The zero-order valence-corrected chi connectivity index (χ0v) is 12.5. The third kappa shape index (κ3) is 2.79. The predicted octanol–water partition coefficient (Wildman–Crippen LogP) is 3.14. The van der Waals surface area contributed by atoms with Crippen LogP contribution in [0.25, 0.3) is 0 Å². The zero-order chi connectivity index (χ0) is 13.9. The Kier molecular flexibility index (Phi) is 4.20. The van der Waals surface area contributed by atoms with E-state index >= 15 is 0 Å². The standard InChI is InChI=1S/C14H16BrN3O/c1-18(14(10-16)7-3-2-4-8-14)13(19)11-5-6-12(15)17-9-11/h5-6,9H,2-4,7-8H2,1H3. The van der Waals surface area contributed by atoms with Crippen molar-refractivity contribution in [3.05, 3.63) is 28.5 Å². The van der Waals surface area contributed by atoms with E-state index in [4.69, 9.17) is 0 Å². The molecule has 0 radical (unpaired) electrons. The Balaban J connectivity index is 2.22. The van der Waals surface area contributed by atoms with Crippen molar-refractivity contribution in [2.45, 2.75) is 37.6 Å². The minimum absolute atomic E-state index is 0.136. The van der Waals surface area contributed by atoms with Gasteiger partial charge in [-0.05, 0) is 40.9 Å². The summed E-state index contributed by atoms with van der Waals surface area (Å²) in [6.45, 7) is 0. The third-order valence-corrected chi connectivity index (χ3v) is 4.28. The number of carbonyl (C=O) groups excluding carboxylic acids is 1. The van der Waals surface area contributed by atoms with Crippen molar-refractivity contribution >= 4 is 21.8 Å². The molecule has 1 aliphatic rings. The van der Waals surface area contributed by atoms with E-state index in [1.807, 2.05) is 0 Å². The topological polar surface area (TPSA) is 57.0 Å². The summed E-state index contributed by atoms with van der Waals surface area (Å²) >= 11 is 3.24. The van der Waals surface area contributed by atoms with Gasteiger partial charge in [0.1, 0.15) is 10.1 Å². The van der Waals surface area contributed by atoms with E-state index in [-0.39, 0.29) is 5.91 Å². The average molecular weight is 322 g/mol. The fraction of sp³-hybridized carbons (Fsp3) is 0.500. The van der Waals surface area contributed by atoms with Crippen molar-refractivity contribution in [3.63, 3.8) is 0 Å². The third-order valence-electron chi connectivity index (χ3n) is 3.81. The maximum absolute atomic E-state index is 12.4. The van der Waals surface area contributed by atoms with E-state index in [0.29, 0.717) is 10.2 Å². The Labute approximate surface area is 121 Å². The minimum Gasteiger partial charge on any atom is -0.323 e. The van der Waals surface area contributed by atoms with Gasteiger partial charge >= 0.3 is 0 Å². The second-order valence-corrected chi connectivity index (χ2v) is 5.75. The van der Waals surface area contributed by atoms with E-state index in [9.17, 15) is 10.1 Å². The van der Waals surface area contributed by atoms with Gasteiger partial charge < -0.3 is 4.90 Å². The lowest BCUT2D eigenvalue weighted by Gasteiger charge is -2.39. The SMILES string of the molecule is CN(C(=O)c1ccc(Br)nc1)C1(C#N)CCCCC1. The Hall–Kier alpha value is -1.41. The summed E-state index contributed by atoms with van der Waals surface area (Å²) in [4.78, 5) is 18.1. The molecule has 1 aromatic rings. The van der Waals surface area contributed by atoms with Crippen molar-refractivity contribution in [2.75, 3.05) is 7.05 Å².